The van der Waals surface area contributed by atoms with E-state index in [0.29, 0.717) is 116 Å². The van der Waals surface area contributed by atoms with E-state index in [1.54, 1.807) is 41.3 Å². The lowest BCUT2D eigenvalue weighted by Gasteiger charge is -2.27. The van der Waals surface area contributed by atoms with Gasteiger partial charge in [-0.15, -0.1) is 0 Å². The highest BCUT2D eigenvalue weighted by Crippen LogP contribution is 2.33. The third kappa shape index (κ3) is 22.5. The molecule has 2 fully saturated rings. The molecular formula is C66H64Br4N2O19. The first-order valence-electron chi connectivity index (χ1n) is 27.4. The standard InChI is InChI=1S/C15H16BrNO5.C15H14BrNO4.C10H9BrO3.C10H10O3.C8H7BrO2.C8H8O2/c1-9(18)10-6-11(15(21)12(16)7-10)13(19)8-14(20)17-2-4-22-5-3-17;1-9(18)10-6-11-13(19)8-14(17-2-4-20-5-3-17)21-15(11)12(16)7-10;1-5(12)7-3-8(6(2)13)10(14)9(11)4-7;1-6(11)8-3-4-10(13)9(5-8)7(2)12;1-5(10)6-2-3-8(11)7(9)4-6;1-6(9)7-2-4-8(10)5-3-7/h6-7,21H,2-5,8H2,1H3;6-8H,2-5H2,1H3;3-4,14H,1-2H3;3-5,13H,1-2H3;2-4,11H,1H3;2-5,10H,1H3. The van der Waals surface area contributed by atoms with E-state index in [9.17, 15) is 68.1 Å². The molecular weight excluding hydrogens is 1440 g/mol. The van der Waals surface area contributed by atoms with Crippen molar-refractivity contribution in [2.75, 3.05) is 57.5 Å². The normalized spacial score (nSPS) is 12.2. The van der Waals surface area contributed by atoms with Gasteiger partial charge in [0, 0.05) is 65.6 Å². The Balaban J connectivity index is 0.000000239. The van der Waals surface area contributed by atoms with Crippen molar-refractivity contribution in [3.63, 3.8) is 0 Å². The molecule has 2 aliphatic heterocycles. The van der Waals surface area contributed by atoms with Crippen LogP contribution in [0.25, 0.3) is 11.0 Å². The number of Topliss-reactive ketones (excluding diaryl/α,β-unsaturated/α-hetero) is 9. The van der Waals surface area contributed by atoms with E-state index >= 15 is 0 Å². The number of phenols is 5. The van der Waals surface area contributed by atoms with Crippen LogP contribution >= 0.6 is 63.7 Å². The molecule has 2 aliphatic rings. The van der Waals surface area contributed by atoms with Crippen LogP contribution < -0.4 is 10.3 Å². The lowest BCUT2D eigenvalue weighted by molar-refractivity contribution is -0.134. The average molecular weight is 1510 g/mol. The van der Waals surface area contributed by atoms with E-state index in [-0.39, 0.29) is 114 Å². The van der Waals surface area contributed by atoms with Crippen LogP contribution in [0.3, 0.4) is 0 Å². The molecule has 0 saturated carbocycles. The zero-order valence-electron chi connectivity index (χ0n) is 50.5. The number of phenolic OH excluding ortho intramolecular Hbond substituents is 5. The molecule has 2 saturated heterocycles. The van der Waals surface area contributed by atoms with Crippen LogP contribution in [-0.2, 0) is 14.3 Å². The Hall–Kier alpha value is -8.33. The van der Waals surface area contributed by atoms with Crippen molar-refractivity contribution >= 4 is 139 Å². The first kappa shape index (κ1) is 75.1. The Morgan fingerprint density at radius 1 is 0.418 bits per heavy atom. The van der Waals surface area contributed by atoms with Crippen molar-refractivity contribution in [1.82, 2.24) is 4.90 Å². The van der Waals surface area contributed by atoms with Gasteiger partial charge in [-0.3, -0.25) is 52.7 Å². The molecule has 3 heterocycles. The van der Waals surface area contributed by atoms with Gasteiger partial charge < -0.3 is 49.2 Å². The summed E-state index contributed by atoms with van der Waals surface area (Å²) < 4.78 is 18.1. The van der Waals surface area contributed by atoms with E-state index in [0.717, 1.165) is 0 Å². The van der Waals surface area contributed by atoms with Crippen LogP contribution in [0, 0.1) is 0 Å². The molecule has 9 rings (SSSR count). The fourth-order valence-electron chi connectivity index (χ4n) is 8.05. The van der Waals surface area contributed by atoms with Gasteiger partial charge in [-0.05, 0) is 216 Å². The van der Waals surface area contributed by atoms with Gasteiger partial charge in [0.05, 0.1) is 72.8 Å². The number of ketones is 9. The van der Waals surface area contributed by atoms with E-state index in [1.807, 2.05) is 4.90 Å². The minimum absolute atomic E-state index is 0.00861. The summed E-state index contributed by atoms with van der Waals surface area (Å²) in [6.07, 6.45) is -0.346. The summed E-state index contributed by atoms with van der Waals surface area (Å²) in [7, 11) is 0. The fourth-order valence-corrected chi connectivity index (χ4v) is 9.89. The predicted molar refractivity (Wildman–Crippen MR) is 353 cm³/mol. The molecule has 0 unspecified atom stereocenters. The van der Waals surface area contributed by atoms with Gasteiger partial charge in [0.25, 0.3) is 0 Å². The summed E-state index contributed by atoms with van der Waals surface area (Å²) >= 11 is 12.7. The quantitative estimate of drug-likeness (QED) is 0.0560. The smallest absolute Gasteiger partial charge is 0.230 e. The highest BCUT2D eigenvalue weighted by molar-refractivity contribution is 9.11. The summed E-state index contributed by atoms with van der Waals surface area (Å²) in [5.74, 6) is -1.52. The highest BCUT2D eigenvalue weighted by atomic mass is 79.9. The van der Waals surface area contributed by atoms with Gasteiger partial charge in [-0.1, -0.05) is 0 Å². The van der Waals surface area contributed by atoms with Gasteiger partial charge in [-0.25, -0.2) is 0 Å². The molecule has 0 bridgehead atoms. The third-order valence-electron chi connectivity index (χ3n) is 13.2. The summed E-state index contributed by atoms with van der Waals surface area (Å²) in [6.45, 7) is 15.8. The Morgan fingerprint density at radius 2 is 0.813 bits per heavy atom. The van der Waals surface area contributed by atoms with E-state index in [4.69, 9.17) is 24.1 Å². The van der Waals surface area contributed by atoms with E-state index in [1.165, 1.54) is 122 Å². The van der Waals surface area contributed by atoms with Gasteiger partial charge in [0.15, 0.2) is 68.9 Å². The lowest BCUT2D eigenvalue weighted by Crippen LogP contribution is -2.41. The zero-order chi connectivity index (χ0) is 68.1. The number of carbonyl (C=O) groups excluding carboxylic acids is 10. The number of hydrogen-bond donors (Lipinski definition) is 5. The van der Waals surface area contributed by atoms with E-state index < -0.39 is 5.78 Å². The van der Waals surface area contributed by atoms with Crippen molar-refractivity contribution in [2.24, 2.45) is 0 Å². The van der Waals surface area contributed by atoms with Gasteiger partial charge >= 0.3 is 0 Å². The number of fused-ring (bicyclic) bond motifs is 1. The molecule has 1 amide bonds. The number of morpholine rings is 2. The maximum atomic E-state index is 12.3. The van der Waals surface area contributed by atoms with Crippen LogP contribution in [0.5, 0.6) is 28.7 Å². The summed E-state index contributed by atoms with van der Waals surface area (Å²) in [5.41, 5.74) is 3.47. The molecule has 6 aromatic carbocycles. The Labute approximate surface area is 556 Å². The Kier molecular flexibility index (Phi) is 29.2. The maximum Gasteiger partial charge on any atom is 0.230 e. The lowest BCUT2D eigenvalue weighted by atomic mass is 10.0. The summed E-state index contributed by atoms with van der Waals surface area (Å²) in [6, 6.07) is 25.5. The van der Waals surface area contributed by atoms with Crippen molar-refractivity contribution in [1.29, 1.82) is 0 Å². The molecule has 0 atom stereocenters. The summed E-state index contributed by atoms with van der Waals surface area (Å²) in [4.78, 5) is 129. The second-order valence-electron chi connectivity index (χ2n) is 20.1. The molecule has 7 aromatic rings. The predicted octanol–water partition coefficient (Wildman–Crippen LogP) is 12.7. The number of halogens is 4. The number of anilines is 1. The zero-order valence-corrected chi connectivity index (χ0v) is 56.9. The second-order valence-corrected chi connectivity index (χ2v) is 23.5. The average Bonchev–Trinajstić information content (AvgIpc) is 1.01. The minimum Gasteiger partial charge on any atom is -0.508 e. The second kappa shape index (κ2) is 35.3. The molecule has 91 heavy (non-hydrogen) atoms. The van der Waals surface area contributed by atoms with Crippen LogP contribution in [0.1, 0.15) is 155 Å². The van der Waals surface area contributed by atoms with Gasteiger partial charge in [-0.2, -0.15) is 0 Å². The number of carbonyl (C=O) groups is 10. The Bertz CT molecular complexity index is 3980. The number of aromatic hydroxyl groups is 5. The van der Waals surface area contributed by atoms with Crippen LogP contribution in [0.2, 0.25) is 0 Å². The SMILES string of the molecule is CC(=O)c1cc(Br)c(O)c(C(=O)CC(=O)N2CCOCC2)c1.CC(=O)c1cc(Br)c(O)c(C(C)=O)c1.CC(=O)c1cc(Br)c2oc(N3CCOCC3)cc(=O)c2c1.CC(=O)c1ccc(O)c(Br)c1.CC(=O)c1ccc(O)c(C(C)=O)c1.CC(=O)c1ccc(O)cc1. The molecule has 480 valence electrons. The van der Waals surface area contributed by atoms with Gasteiger partial charge in [0.1, 0.15) is 28.7 Å². The third-order valence-corrected chi connectivity index (χ3v) is 15.6. The topological polar surface area (TPSA) is 327 Å². The number of nitrogens with zero attached hydrogens (tertiary/aromatic N) is 2. The van der Waals surface area contributed by atoms with Crippen molar-refractivity contribution in [3.8, 4) is 28.7 Å². The number of amides is 1. The monoisotopic (exact) mass is 1500 g/mol. The molecule has 5 N–H and O–H groups in total. The molecule has 0 radical (unpaired) electrons. The largest absolute Gasteiger partial charge is 0.508 e. The van der Waals surface area contributed by atoms with Crippen LogP contribution in [0.4, 0.5) is 5.88 Å². The maximum absolute atomic E-state index is 12.3. The van der Waals surface area contributed by atoms with Crippen LogP contribution in [0.15, 0.2) is 130 Å². The Morgan fingerprint density at radius 3 is 1.29 bits per heavy atom. The number of hydrogen-bond acceptors (Lipinski definition) is 20. The number of ether oxygens (including phenoxy) is 2. The van der Waals surface area contributed by atoms with Crippen molar-refractivity contribution in [3.05, 3.63) is 181 Å². The molecule has 21 nitrogen and oxygen atoms in total. The summed E-state index contributed by atoms with van der Waals surface area (Å²) in [5, 5.41) is 47.0. The molecule has 0 aliphatic carbocycles. The molecule has 0 spiro atoms. The van der Waals surface area contributed by atoms with Crippen molar-refractivity contribution < 1.29 is 87.4 Å². The first-order chi connectivity index (χ1) is 42.7. The molecule has 1 aromatic heterocycles. The minimum atomic E-state index is -0.516. The van der Waals surface area contributed by atoms with Crippen molar-refractivity contribution in [2.45, 2.75) is 61.8 Å². The van der Waals surface area contributed by atoms with Gasteiger partial charge in [0.2, 0.25) is 5.91 Å². The molecule has 25 heteroatoms. The number of benzene rings is 6. The highest BCUT2D eigenvalue weighted by Gasteiger charge is 2.24. The number of rotatable bonds is 12. The first-order valence-corrected chi connectivity index (χ1v) is 30.6. The van der Waals surface area contributed by atoms with Crippen LogP contribution in [-0.4, -0.2) is 141 Å². The van der Waals surface area contributed by atoms with E-state index in [2.05, 4.69) is 63.7 Å². The fraction of sp³-hybridized carbons (Fsp3) is 0.258.